The van der Waals surface area contributed by atoms with Crippen molar-refractivity contribution in [3.05, 3.63) is 47.0 Å². The highest BCUT2D eigenvalue weighted by Gasteiger charge is 2.18. The first-order chi connectivity index (χ1) is 12.5. The van der Waals surface area contributed by atoms with Crippen LogP contribution < -0.4 is 10.2 Å². The number of phenolic OH excluding ortho intramolecular Hbond substituents is 1. The minimum atomic E-state index is -0.600. The van der Waals surface area contributed by atoms with Gasteiger partial charge in [-0.25, -0.2) is 10.1 Å². The van der Waals surface area contributed by atoms with Crippen molar-refractivity contribution in [1.82, 2.24) is 20.4 Å². The monoisotopic (exact) mass is 373 g/mol. The molecule has 0 saturated carbocycles. The van der Waals surface area contributed by atoms with Gasteiger partial charge in [0.1, 0.15) is 11.6 Å². The van der Waals surface area contributed by atoms with Gasteiger partial charge in [-0.2, -0.15) is 5.10 Å². The topological polar surface area (TPSA) is 102 Å². The van der Waals surface area contributed by atoms with E-state index < -0.39 is 6.04 Å². The summed E-state index contributed by atoms with van der Waals surface area (Å²) < 4.78 is 6.55. The zero-order valence-electron chi connectivity index (χ0n) is 14.0. The number of halogens is 1. The van der Waals surface area contributed by atoms with Crippen molar-refractivity contribution in [2.24, 2.45) is 5.10 Å². The second kappa shape index (κ2) is 7.40. The van der Waals surface area contributed by atoms with Crippen molar-refractivity contribution in [3.8, 4) is 11.5 Å². The summed E-state index contributed by atoms with van der Waals surface area (Å²) in [6.45, 7) is 1.70. The Morgan fingerprint density at radius 1 is 1.42 bits per heavy atom. The van der Waals surface area contributed by atoms with Crippen LogP contribution in [0.2, 0.25) is 5.02 Å². The molecule has 1 aromatic heterocycles. The van der Waals surface area contributed by atoms with Crippen LogP contribution in [0.5, 0.6) is 11.5 Å². The van der Waals surface area contributed by atoms with Crippen LogP contribution in [-0.4, -0.2) is 39.3 Å². The standard InChI is InChI=1S/C17H16ClN5O3/c1-10(23-14-6-4-3-5-13(14)20-22-23)17(25)21-19-9-11-7-12(18)16(24)15(8-11)26-2/h3-10,24H,1-2H3,(H,21,25)/b19-9+. The van der Waals surface area contributed by atoms with E-state index in [1.807, 2.05) is 24.3 Å². The van der Waals surface area contributed by atoms with Gasteiger partial charge in [0.05, 0.1) is 23.9 Å². The molecule has 2 N–H and O–H groups in total. The maximum Gasteiger partial charge on any atom is 0.264 e. The molecule has 0 aliphatic rings. The molecule has 3 aromatic rings. The van der Waals surface area contributed by atoms with E-state index in [0.29, 0.717) is 11.1 Å². The van der Waals surface area contributed by atoms with Crippen LogP contribution in [0.3, 0.4) is 0 Å². The van der Waals surface area contributed by atoms with Gasteiger partial charge < -0.3 is 9.84 Å². The fourth-order valence-corrected chi connectivity index (χ4v) is 2.59. The molecular formula is C17H16ClN5O3. The number of hydrogen-bond acceptors (Lipinski definition) is 6. The van der Waals surface area contributed by atoms with Gasteiger partial charge in [0.25, 0.3) is 5.91 Å². The van der Waals surface area contributed by atoms with E-state index >= 15 is 0 Å². The minimum absolute atomic E-state index is 0.125. The lowest BCUT2D eigenvalue weighted by Crippen LogP contribution is -2.28. The van der Waals surface area contributed by atoms with Crippen molar-refractivity contribution >= 4 is 34.8 Å². The van der Waals surface area contributed by atoms with Gasteiger partial charge in [0.2, 0.25) is 0 Å². The Bertz CT molecular complexity index is 986. The summed E-state index contributed by atoms with van der Waals surface area (Å²) in [6.07, 6.45) is 1.40. The molecule has 0 aliphatic heterocycles. The number of carbonyl (C=O) groups excluding carboxylic acids is 1. The molecular weight excluding hydrogens is 358 g/mol. The third-order valence-electron chi connectivity index (χ3n) is 3.78. The molecule has 26 heavy (non-hydrogen) atoms. The van der Waals surface area contributed by atoms with E-state index in [9.17, 15) is 9.90 Å². The number of benzene rings is 2. The number of fused-ring (bicyclic) bond motifs is 1. The van der Waals surface area contributed by atoms with E-state index in [4.69, 9.17) is 16.3 Å². The molecule has 2 aromatic carbocycles. The number of nitrogens with zero attached hydrogens (tertiary/aromatic N) is 4. The van der Waals surface area contributed by atoms with Gasteiger partial charge in [-0.15, -0.1) is 5.10 Å². The Balaban J connectivity index is 1.72. The van der Waals surface area contributed by atoms with Crippen LogP contribution >= 0.6 is 11.6 Å². The molecule has 1 atom stereocenters. The number of phenols is 1. The molecule has 0 aliphatic carbocycles. The summed E-state index contributed by atoms with van der Waals surface area (Å²) in [6, 6.07) is 9.82. The summed E-state index contributed by atoms with van der Waals surface area (Å²) in [5, 5.41) is 21.8. The number of amides is 1. The van der Waals surface area contributed by atoms with E-state index in [1.165, 1.54) is 24.1 Å². The highest BCUT2D eigenvalue weighted by molar-refractivity contribution is 6.32. The highest BCUT2D eigenvalue weighted by Crippen LogP contribution is 2.34. The van der Waals surface area contributed by atoms with Crippen LogP contribution in [0.4, 0.5) is 0 Å². The average molecular weight is 374 g/mol. The lowest BCUT2D eigenvalue weighted by Gasteiger charge is -2.10. The summed E-state index contributed by atoms with van der Waals surface area (Å²) >= 11 is 5.92. The highest BCUT2D eigenvalue weighted by atomic mass is 35.5. The largest absolute Gasteiger partial charge is 0.503 e. The van der Waals surface area contributed by atoms with Gasteiger partial charge in [0.15, 0.2) is 11.5 Å². The van der Waals surface area contributed by atoms with Gasteiger partial charge in [0, 0.05) is 0 Å². The molecule has 134 valence electrons. The molecule has 8 nitrogen and oxygen atoms in total. The summed E-state index contributed by atoms with van der Waals surface area (Å²) in [5.74, 6) is -0.288. The van der Waals surface area contributed by atoms with Crippen LogP contribution in [-0.2, 0) is 4.79 Å². The smallest absolute Gasteiger partial charge is 0.264 e. The number of hydrogen-bond donors (Lipinski definition) is 2. The summed E-state index contributed by atoms with van der Waals surface area (Å²) in [5.41, 5.74) is 4.48. The number of nitrogens with one attached hydrogen (secondary N) is 1. The van der Waals surface area contributed by atoms with Crippen LogP contribution in [0.1, 0.15) is 18.5 Å². The number of rotatable bonds is 5. The zero-order chi connectivity index (χ0) is 18.7. The predicted molar refractivity (Wildman–Crippen MR) is 97.6 cm³/mol. The van der Waals surface area contributed by atoms with E-state index in [0.717, 1.165) is 5.52 Å². The fourth-order valence-electron chi connectivity index (χ4n) is 2.37. The molecule has 1 amide bonds. The van der Waals surface area contributed by atoms with E-state index in [1.54, 1.807) is 13.0 Å². The molecule has 3 rings (SSSR count). The van der Waals surface area contributed by atoms with Gasteiger partial charge in [-0.05, 0) is 36.8 Å². The first-order valence-electron chi connectivity index (χ1n) is 7.70. The lowest BCUT2D eigenvalue weighted by atomic mass is 10.2. The van der Waals surface area contributed by atoms with Crippen molar-refractivity contribution in [2.45, 2.75) is 13.0 Å². The Morgan fingerprint density at radius 3 is 2.96 bits per heavy atom. The molecule has 0 radical (unpaired) electrons. The number of methoxy groups -OCH3 is 1. The molecule has 0 saturated heterocycles. The molecule has 0 spiro atoms. The second-order valence-electron chi connectivity index (χ2n) is 5.49. The third kappa shape index (κ3) is 3.45. The second-order valence-corrected chi connectivity index (χ2v) is 5.89. The summed E-state index contributed by atoms with van der Waals surface area (Å²) in [7, 11) is 1.41. The zero-order valence-corrected chi connectivity index (χ0v) is 14.8. The Kier molecular flexibility index (Phi) is 5.04. The normalized spacial score (nSPS) is 12.4. The SMILES string of the molecule is COc1cc(/C=N/NC(=O)C(C)n2nnc3ccccc32)cc(Cl)c1O. The number of ether oxygens (including phenoxy) is 1. The van der Waals surface area contributed by atoms with Crippen LogP contribution in [0, 0.1) is 0 Å². The Hall–Kier alpha value is -3.13. The Labute approximate surface area is 154 Å². The van der Waals surface area contributed by atoms with Gasteiger partial charge in [-0.1, -0.05) is 28.9 Å². The van der Waals surface area contributed by atoms with Crippen molar-refractivity contribution < 1.29 is 14.6 Å². The average Bonchev–Trinajstić information content (AvgIpc) is 3.07. The Morgan fingerprint density at radius 2 is 2.19 bits per heavy atom. The number of aromatic hydroxyl groups is 1. The van der Waals surface area contributed by atoms with Crippen molar-refractivity contribution in [1.29, 1.82) is 0 Å². The molecule has 0 fully saturated rings. The maximum atomic E-state index is 12.3. The van der Waals surface area contributed by atoms with Crippen molar-refractivity contribution in [3.63, 3.8) is 0 Å². The fraction of sp³-hybridized carbons (Fsp3) is 0.176. The van der Waals surface area contributed by atoms with Gasteiger partial charge >= 0.3 is 0 Å². The minimum Gasteiger partial charge on any atom is -0.503 e. The predicted octanol–water partition coefficient (Wildman–Crippen LogP) is 2.51. The number of para-hydroxylation sites is 1. The number of carbonyl (C=O) groups is 1. The summed E-state index contributed by atoms with van der Waals surface area (Å²) in [4.78, 5) is 12.3. The van der Waals surface area contributed by atoms with E-state index in [-0.39, 0.29) is 22.4 Å². The first kappa shape index (κ1) is 17.7. The van der Waals surface area contributed by atoms with Crippen LogP contribution in [0.15, 0.2) is 41.5 Å². The van der Waals surface area contributed by atoms with Crippen LogP contribution in [0.25, 0.3) is 11.0 Å². The van der Waals surface area contributed by atoms with E-state index in [2.05, 4.69) is 20.8 Å². The van der Waals surface area contributed by atoms with Gasteiger partial charge in [-0.3, -0.25) is 4.79 Å². The third-order valence-corrected chi connectivity index (χ3v) is 4.07. The molecule has 1 unspecified atom stereocenters. The molecule has 9 heteroatoms. The first-order valence-corrected chi connectivity index (χ1v) is 8.08. The maximum absolute atomic E-state index is 12.3. The molecule has 1 heterocycles. The number of aromatic nitrogens is 3. The quantitative estimate of drug-likeness (QED) is 0.528. The molecule has 0 bridgehead atoms. The number of hydrazone groups is 1. The lowest BCUT2D eigenvalue weighted by molar-refractivity contribution is -0.124. The van der Waals surface area contributed by atoms with Crippen molar-refractivity contribution in [2.75, 3.05) is 7.11 Å².